The van der Waals surface area contributed by atoms with Crippen LogP contribution in [0.4, 0.5) is 5.69 Å². The summed E-state index contributed by atoms with van der Waals surface area (Å²) in [5.74, 6) is -1.60. The minimum absolute atomic E-state index is 0.0484. The van der Waals surface area contributed by atoms with E-state index in [4.69, 9.17) is 4.42 Å². The van der Waals surface area contributed by atoms with Gasteiger partial charge in [0.1, 0.15) is 5.56 Å². The van der Waals surface area contributed by atoms with Gasteiger partial charge in [0.2, 0.25) is 11.6 Å². The van der Waals surface area contributed by atoms with Crippen molar-refractivity contribution in [2.24, 2.45) is 0 Å². The van der Waals surface area contributed by atoms with Crippen LogP contribution in [0.3, 0.4) is 0 Å². The van der Waals surface area contributed by atoms with E-state index in [1.54, 1.807) is 19.9 Å². The van der Waals surface area contributed by atoms with Crippen LogP contribution in [-0.2, 0) is 0 Å². The fraction of sp³-hybridized carbons (Fsp3) is 0.133. The Morgan fingerprint density at radius 3 is 2.52 bits per heavy atom. The molecule has 0 fully saturated rings. The molecular weight excluding hydrogens is 332 g/mol. The normalized spacial score (nSPS) is 10.8. The number of aryl methyl sites for hydroxylation is 2. The zero-order chi connectivity index (χ0) is 18.3. The van der Waals surface area contributed by atoms with Crippen LogP contribution in [-0.4, -0.2) is 25.3 Å². The molecule has 10 nitrogen and oxygen atoms in total. The summed E-state index contributed by atoms with van der Waals surface area (Å²) in [6.07, 6.45) is 1.29. The van der Waals surface area contributed by atoms with Gasteiger partial charge in [-0.1, -0.05) is 0 Å². The maximum absolute atomic E-state index is 11.7. The van der Waals surface area contributed by atoms with E-state index in [0.29, 0.717) is 16.0 Å². The van der Waals surface area contributed by atoms with Crippen molar-refractivity contribution in [1.82, 2.24) is 10.2 Å². The van der Waals surface area contributed by atoms with Gasteiger partial charge in [-0.2, -0.15) is 4.73 Å². The topological polar surface area (TPSA) is 149 Å². The zero-order valence-electron chi connectivity index (χ0n) is 13.1. The first kappa shape index (κ1) is 16.2. The highest BCUT2D eigenvalue weighted by Crippen LogP contribution is 2.39. The van der Waals surface area contributed by atoms with Gasteiger partial charge in [-0.15, -0.1) is 10.2 Å². The molecule has 25 heavy (non-hydrogen) atoms. The summed E-state index contributed by atoms with van der Waals surface area (Å²) in [6.45, 7) is 3.42. The van der Waals surface area contributed by atoms with Gasteiger partial charge >= 0.3 is 5.69 Å². The minimum Gasteiger partial charge on any atom is -0.618 e. The lowest BCUT2D eigenvalue weighted by atomic mass is 10.1. The molecule has 0 bridgehead atoms. The molecule has 2 N–H and O–H groups in total. The second-order valence-electron chi connectivity index (χ2n) is 5.37. The van der Waals surface area contributed by atoms with Gasteiger partial charge < -0.3 is 19.8 Å². The van der Waals surface area contributed by atoms with Crippen molar-refractivity contribution in [3.05, 3.63) is 51.0 Å². The summed E-state index contributed by atoms with van der Waals surface area (Å²) in [5, 5.41) is 49.4. The number of hydrogen-bond donors (Lipinski definition) is 2. The predicted octanol–water partition coefficient (Wildman–Crippen LogP) is 1.97. The Labute approximate surface area is 140 Å². The van der Waals surface area contributed by atoms with E-state index in [0.717, 1.165) is 17.7 Å². The largest absolute Gasteiger partial charge is 0.618 e. The van der Waals surface area contributed by atoms with Crippen molar-refractivity contribution in [3.63, 3.8) is 0 Å². The minimum atomic E-state index is -0.852. The van der Waals surface area contributed by atoms with Crippen molar-refractivity contribution in [2.45, 2.75) is 13.8 Å². The number of rotatable bonds is 3. The average molecular weight is 344 g/mol. The molecule has 10 heteroatoms. The van der Waals surface area contributed by atoms with Gasteiger partial charge in [0.05, 0.1) is 4.92 Å². The second kappa shape index (κ2) is 5.74. The Hall–Kier alpha value is -3.69. The smallest absolute Gasteiger partial charge is 0.315 e. The third-order valence-corrected chi connectivity index (χ3v) is 3.61. The number of nitro benzene ring substituents is 1. The van der Waals surface area contributed by atoms with E-state index in [9.17, 15) is 25.5 Å². The quantitative estimate of drug-likeness (QED) is 0.241. The number of nitro groups is 1. The van der Waals surface area contributed by atoms with Gasteiger partial charge in [-0.25, -0.2) is 0 Å². The van der Waals surface area contributed by atoms with Crippen LogP contribution < -0.4 is 4.73 Å². The average Bonchev–Trinajstić information content (AvgIpc) is 3.02. The predicted molar refractivity (Wildman–Crippen MR) is 83.6 cm³/mol. The number of phenols is 2. The molecule has 3 rings (SSSR count). The van der Waals surface area contributed by atoms with E-state index < -0.39 is 22.1 Å². The van der Waals surface area contributed by atoms with Crippen LogP contribution in [0.5, 0.6) is 11.5 Å². The fourth-order valence-corrected chi connectivity index (χ4v) is 2.32. The Balaban J connectivity index is 2.09. The summed E-state index contributed by atoms with van der Waals surface area (Å²) in [5.41, 5.74) is 1.01. The molecule has 128 valence electrons. The number of benzene rings is 1. The van der Waals surface area contributed by atoms with E-state index in [-0.39, 0.29) is 17.3 Å². The van der Waals surface area contributed by atoms with E-state index in [2.05, 4.69) is 10.2 Å². The fourth-order valence-electron chi connectivity index (χ4n) is 2.32. The first-order valence-corrected chi connectivity index (χ1v) is 7.03. The lowest BCUT2D eigenvalue weighted by molar-refractivity contribution is -0.611. The van der Waals surface area contributed by atoms with Gasteiger partial charge in [-0.3, -0.25) is 10.1 Å². The number of phenolic OH excluding ortho intramolecular Hbond substituents is 2. The van der Waals surface area contributed by atoms with Crippen LogP contribution in [0.1, 0.15) is 11.3 Å². The maximum atomic E-state index is 11.7. The summed E-state index contributed by atoms with van der Waals surface area (Å²) < 4.78 is 6.13. The van der Waals surface area contributed by atoms with Crippen LogP contribution in [0.15, 0.2) is 28.8 Å². The van der Waals surface area contributed by atoms with Crippen LogP contribution in [0, 0.1) is 29.2 Å². The molecule has 0 saturated heterocycles. The monoisotopic (exact) mass is 344 g/mol. The highest BCUT2D eigenvalue weighted by molar-refractivity contribution is 5.68. The number of pyridine rings is 1. The number of hydrogen-bond acceptors (Lipinski definition) is 8. The molecule has 0 amide bonds. The molecule has 0 spiro atoms. The first-order valence-electron chi connectivity index (χ1n) is 7.03. The lowest BCUT2D eigenvalue weighted by Gasteiger charge is -2.04. The molecule has 0 aliphatic heterocycles. The summed E-state index contributed by atoms with van der Waals surface area (Å²) >= 11 is 0. The summed E-state index contributed by atoms with van der Waals surface area (Å²) in [4.78, 5) is 10.1. The Morgan fingerprint density at radius 1 is 1.16 bits per heavy atom. The number of aromatic nitrogens is 3. The second-order valence-corrected chi connectivity index (χ2v) is 5.37. The molecule has 2 aromatic heterocycles. The summed E-state index contributed by atoms with van der Waals surface area (Å²) in [7, 11) is 0. The van der Waals surface area contributed by atoms with Crippen molar-refractivity contribution >= 4 is 5.69 Å². The molecule has 1 aromatic carbocycles. The van der Waals surface area contributed by atoms with Gasteiger partial charge in [0, 0.05) is 24.6 Å². The SMILES string of the molecule is Cc1cc(C)[n+]([O-])cc1-c1nnc(-c2cc(O)c(O)c([N+](=O)[O-])c2)o1. The highest BCUT2D eigenvalue weighted by Gasteiger charge is 2.23. The Kier molecular flexibility index (Phi) is 3.72. The van der Waals surface area contributed by atoms with E-state index in [1.807, 2.05) is 0 Å². The van der Waals surface area contributed by atoms with E-state index in [1.165, 1.54) is 6.20 Å². The van der Waals surface area contributed by atoms with Gasteiger partial charge in [0.15, 0.2) is 17.6 Å². The summed E-state index contributed by atoms with van der Waals surface area (Å²) in [6, 6.07) is 3.72. The third kappa shape index (κ3) is 2.80. The highest BCUT2D eigenvalue weighted by atomic mass is 16.6. The number of nitrogens with zero attached hydrogens (tertiary/aromatic N) is 4. The van der Waals surface area contributed by atoms with E-state index >= 15 is 0 Å². The molecule has 0 aliphatic carbocycles. The molecule has 0 saturated carbocycles. The Morgan fingerprint density at radius 2 is 1.84 bits per heavy atom. The van der Waals surface area contributed by atoms with Gasteiger partial charge in [-0.05, 0) is 18.6 Å². The van der Waals surface area contributed by atoms with Crippen LogP contribution in [0.2, 0.25) is 0 Å². The Bertz CT molecular complexity index is 998. The molecule has 2 heterocycles. The number of aromatic hydroxyl groups is 2. The lowest BCUT2D eigenvalue weighted by Crippen LogP contribution is -2.29. The van der Waals surface area contributed by atoms with Crippen LogP contribution >= 0.6 is 0 Å². The molecule has 0 aliphatic rings. The van der Waals surface area contributed by atoms with Crippen molar-refractivity contribution in [1.29, 1.82) is 0 Å². The van der Waals surface area contributed by atoms with Gasteiger partial charge in [0.25, 0.3) is 5.89 Å². The van der Waals surface area contributed by atoms with Crippen molar-refractivity contribution < 1.29 is 24.3 Å². The third-order valence-electron chi connectivity index (χ3n) is 3.61. The molecule has 0 radical (unpaired) electrons. The zero-order valence-corrected chi connectivity index (χ0v) is 13.1. The van der Waals surface area contributed by atoms with Crippen molar-refractivity contribution in [2.75, 3.05) is 0 Å². The first-order chi connectivity index (χ1) is 11.8. The molecule has 0 atom stereocenters. The van der Waals surface area contributed by atoms with Crippen molar-refractivity contribution in [3.8, 4) is 34.4 Å². The molecule has 3 aromatic rings. The molecule has 0 unspecified atom stereocenters. The van der Waals surface area contributed by atoms with Crippen LogP contribution in [0.25, 0.3) is 22.9 Å². The maximum Gasteiger partial charge on any atom is 0.315 e. The standard InChI is InChI=1S/C15H12N4O6/c1-7-3-8(2)18(22)6-10(7)15-17-16-14(25-15)9-4-11(19(23)24)13(21)12(20)5-9/h3-6,20-21H,1-2H3. The molecular formula is C15H12N4O6.